The van der Waals surface area contributed by atoms with Crippen molar-refractivity contribution < 1.29 is 23.1 Å². The maximum absolute atomic E-state index is 12.9. The molecule has 28 heavy (non-hydrogen) atoms. The van der Waals surface area contributed by atoms with Gasteiger partial charge in [0.25, 0.3) is 11.8 Å². The van der Waals surface area contributed by atoms with Crippen molar-refractivity contribution in [1.29, 1.82) is 0 Å². The van der Waals surface area contributed by atoms with E-state index in [0.29, 0.717) is 26.2 Å². The lowest BCUT2D eigenvalue weighted by Crippen LogP contribution is -2.50. The van der Waals surface area contributed by atoms with Crippen LogP contribution in [0.3, 0.4) is 0 Å². The van der Waals surface area contributed by atoms with Gasteiger partial charge < -0.3 is 19.9 Å². The number of pyridine rings is 1. The van der Waals surface area contributed by atoms with Crippen LogP contribution in [-0.4, -0.2) is 65.6 Å². The van der Waals surface area contributed by atoms with E-state index in [9.17, 15) is 18.4 Å². The largest absolute Gasteiger partial charge is 0.444 e. The SMILES string of the molecule is CC(C)(C)OC(=O)N1CCN(c2ccc(C(=O)NC3CC(F)(F)C3)nc2)CC1. The predicted molar refractivity (Wildman–Crippen MR) is 99.7 cm³/mol. The van der Waals surface area contributed by atoms with Crippen molar-refractivity contribution in [2.45, 2.75) is 51.2 Å². The highest BCUT2D eigenvalue weighted by Gasteiger charge is 2.46. The fourth-order valence-electron chi connectivity index (χ4n) is 3.20. The lowest BCUT2D eigenvalue weighted by atomic mass is 9.88. The molecule has 1 aliphatic carbocycles. The van der Waals surface area contributed by atoms with E-state index in [1.54, 1.807) is 23.2 Å². The number of piperazine rings is 1. The number of nitrogens with one attached hydrogen (secondary N) is 1. The van der Waals surface area contributed by atoms with E-state index in [1.807, 2.05) is 20.8 Å². The molecule has 2 heterocycles. The number of halogens is 2. The number of hydrogen-bond acceptors (Lipinski definition) is 5. The van der Waals surface area contributed by atoms with Crippen LogP contribution in [0.4, 0.5) is 19.3 Å². The summed E-state index contributed by atoms with van der Waals surface area (Å²) in [6, 6.07) is 2.87. The molecule has 2 aliphatic rings. The number of rotatable bonds is 3. The molecule has 9 heteroatoms. The van der Waals surface area contributed by atoms with Gasteiger partial charge in [0.1, 0.15) is 11.3 Å². The summed E-state index contributed by atoms with van der Waals surface area (Å²) in [6.45, 7) is 7.83. The molecule has 154 valence electrons. The third-order valence-corrected chi connectivity index (χ3v) is 4.70. The minimum absolute atomic E-state index is 0.200. The number of aromatic nitrogens is 1. The number of carbonyl (C=O) groups is 2. The monoisotopic (exact) mass is 396 g/mol. The smallest absolute Gasteiger partial charge is 0.410 e. The second-order valence-electron chi connectivity index (χ2n) is 8.29. The van der Waals surface area contributed by atoms with Gasteiger partial charge in [-0.15, -0.1) is 0 Å². The molecule has 1 aromatic heterocycles. The van der Waals surface area contributed by atoms with Gasteiger partial charge in [-0.1, -0.05) is 0 Å². The topological polar surface area (TPSA) is 74.8 Å². The van der Waals surface area contributed by atoms with Crippen molar-refractivity contribution in [2.24, 2.45) is 0 Å². The minimum atomic E-state index is -2.67. The zero-order chi connectivity index (χ0) is 20.5. The van der Waals surface area contributed by atoms with E-state index in [2.05, 4.69) is 15.2 Å². The molecule has 0 radical (unpaired) electrons. The van der Waals surface area contributed by atoms with Crippen LogP contribution in [0.2, 0.25) is 0 Å². The van der Waals surface area contributed by atoms with Gasteiger partial charge in [-0.3, -0.25) is 4.79 Å². The van der Waals surface area contributed by atoms with Crippen LogP contribution < -0.4 is 10.2 Å². The van der Waals surface area contributed by atoms with Crippen molar-refractivity contribution >= 4 is 17.7 Å². The zero-order valence-corrected chi connectivity index (χ0v) is 16.4. The number of hydrogen-bond donors (Lipinski definition) is 1. The molecule has 3 rings (SSSR count). The first-order valence-electron chi connectivity index (χ1n) is 9.40. The van der Waals surface area contributed by atoms with Crippen molar-refractivity contribution in [3.05, 3.63) is 24.0 Å². The Morgan fingerprint density at radius 3 is 2.32 bits per heavy atom. The Bertz CT molecular complexity index is 718. The second kappa shape index (κ2) is 7.52. The summed E-state index contributed by atoms with van der Waals surface area (Å²) >= 11 is 0. The third kappa shape index (κ3) is 5.08. The van der Waals surface area contributed by atoms with Crippen molar-refractivity contribution in [1.82, 2.24) is 15.2 Å². The lowest BCUT2D eigenvalue weighted by Gasteiger charge is -2.36. The summed E-state index contributed by atoms with van der Waals surface area (Å²) in [5.41, 5.74) is 0.520. The fraction of sp³-hybridized carbons (Fsp3) is 0.632. The highest BCUT2D eigenvalue weighted by molar-refractivity contribution is 5.92. The molecule has 2 fully saturated rings. The number of nitrogens with zero attached hydrogens (tertiary/aromatic N) is 3. The highest BCUT2D eigenvalue weighted by Crippen LogP contribution is 2.37. The normalized spacial score (nSPS) is 19.8. The molecule has 1 saturated carbocycles. The Morgan fingerprint density at radius 2 is 1.82 bits per heavy atom. The molecule has 0 atom stereocenters. The predicted octanol–water partition coefficient (Wildman–Crippen LogP) is 2.67. The van der Waals surface area contributed by atoms with Gasteiger partial charge in [0.05, 0.1) is 11.9 Å². The van der Waals surface area contributed by atoms with Gasteiger partial charge in [-0.25, -0.2) is 18.6 Å². The summed E-state index contributed by atoms with van der Waals surface area (Å²) in [5.74, 6) is -3.11. The highest BCUT2D eigenvalue weighted by atomic mass is 19.3. The molecular weight excluding hydrogens is 370 g/mol. The molecule has 1 aromatic rings. The molecule has 1 N–H and O–H groups in total. The Labute approximate surface area is 163 Å². The molecule has 2 amide bonds. The molecule has 1 aliphatic heterocycles. The van der Waals surface area contributed by atoms with Crippen LogP contribution in [0.5, 0.6) is 0 Å². The Kier molecular flexibility index (Phi) is 5.45. The average Bonchev–Trinajstić information content (AvgIpc) is 2.59. The number of alkyl halides is 2. The third-order valence-electron chi connectivity index (χ3n) is 4.70. The number of carbonyl (C=O) groups excluding carboxylic acids is 2. The van der Waals surface area contributed by atoms with Gasteiger partial charge in [0, 0.05) is 45.1 Å². The van der Waals surface area contributed by atoms with Crippen molar-refractivity contribution in [2.75, 3.05) is 31.1 Å². The Morgan fingerprint density at radius 1 is 1.18 bits per heavy atom. The summed E-state index contributed by atoms with van der Waals surface area (Å²) in [7, 11) is 0. The Balaban J connectivity index is 1.49. The average molecular weight is 396 g/mol. The summed E-state index contributed by atoms with van der Waals surface area (Å²) in [6.07, 6.45) is 0.629. The minimum Gasteiger partial charge on any atom is -0.444 e. The van der Waals surface area contributed by atoms with Crippen molar-refractivity contribution in [3.63, 3.8) is 0 Å². The first-order chi connectivity index (χ1) is 13.0. The second-order valence-corrected chi connectivity index (χ2v) is 8.29. The van der Waals surface area contributed by atoms with E-state index >= 15 is 0 Å². The number of amides is 2. The Hall–Kier alpha value is -2.45. The lowest BCUT2D eigenvalue weighted by molar-refractivity contribution is -0.0901. The van der Waals surface area contributed by atoms with E-state index in [0.717, 1.165) is 5.69 Å². The van der Waals surface area contributed by atoms with Crippen LogP contribution in [-0.2, 0) is 4.74 Å². The molecule has 0 aromatic carbocycles. The van der Waals surface area contributed by atoms with E-state index in [1.165, 1.54) is 0 Å². The molecule has 7 nitrogen and oxygen atoms in total. The van der Waals surface area contributed by atoms with Gasteiger partial charge in [0.2, 0.25) is 0 Å². The molecular formula is C19H26F2N4O3. The molecule has 1 saturated heterocycles. The van der Waals surface area contributed by atoms with Crippen LogP contribution in [0.25, 0.3) is 0 Å². The van der Waals surface area contributed by atoms with Crippen molar-refractivity contribution in [3.8, 4) is 0 Å². The number of ether oxygens (including phenoxy) is 1. The van der Waals surface area contributed by atoms with Crippen LogP contribution in [0, 0.1) is 0 Å². The first kappa shape index (κ1) is 20.3. The summed E-state index contributed by atoms with van der Waals surface area (Å²) < 4.78 is 31.1. The summed E-state index contributed by atoms with van der Waals surface area (Å²) in [5, 5.41) is 2.57. The maximum atomic E-state index is 12.9. The summed E-state index contributed by atoms with van der Waals surface area (Å²) in [4.78, 5) is 32.1. The number of anilines is 1. The fourth-order valence-corrected chi connectivity index (χ4v) is 3.20. The van der Waals surface area contributed by atoms with Gasteiger partial charge in [-0.05, 0) is 32.9 Å². The van der Waals surface area contributed by atoms with Crippen LogP contribution in [0.1, 0.15) is 44.1 Å². The molecule has 0 unspecified atom stereocenters. The standard InChI is InChI=1S/C19H26F2N4O3/c1-18(2,3)28-17(27)25-8-6-24(7-9-25)14-4-5-15(22-12-14)16(26)23-13-10-19(20,21)11-13/h4-5,12-13H,6-11H2,1-3H3,(H,23,26). The van der Waals surface area contributed by atoms with Crippen LogP contribution in [0.15, 0.2) is 18.3 Å². The van der Waals surface area contributed by atoms with Gasteiger partial charge in [-0.2, -0.15) is 0 Å². The van der Waals surface area contributed by atoms with Gasteiger partial charge >= 0.3 is 6.09 Å². The van der Waals surface area contributed by atoms with E-state index < -0.39 is 23.5 Å². The first-order valence-corrected chi connectivity index (χ1v) is 9.40. The van der Waals surface area contributed by atoms with Gasteiger partial charge in [0.15, 0.2) is 0 Å². The van der Waals surface area contributed by atoms with Crippen LogP contribution >= 0.6 is 0 Å². The maximum Gasteiger partial charge on any atom is 0.410 e. The molecule has 0 spiro atoms. The van der Waals surface area contributed by atoms with E-state index in [-0.39, 0.29) is 24.6 Å². The quantitative estimate of drug-likeness (QED) is 0.850. The van der Waals surface area contributed by atoms with E-state index in [4.69, 9.17) is 4.74 Å². The molecule has 0 bridgehead atoms. The zero-order valence-electron chi connectivity index (χ0n) is 16.4.